The van der Waals surface area contributed by atoms with Crippen LogP contribution >= 0.6 is 0 Å². The van der Waals surface area contributed by atoms with Crippen LogP contribution in [0, 0.1) is 27.9 Å². The number of hydrogen-bond donors (Lipinski definition) is 4. The number of benzene rings is 2. The Labute approximate surface area is 307 Å². The lowest BCUT2D eigenvalue weighted by Crippen LogP contribution is -2.62. The van der Waals surface area contributed by atoms with Gasteiger partial charge in [-0.25, -0.2) is 9.48 Å². The molecule has 1 aliphatic heterocycles. The van der Waals surface area contributed by atoms with Gasteiger partial charge in [0.15, 0.2) is 5.69 Å². The lowest BCUT2D eigenvalue weighted by atomic mass is 9.55. The molecule has 15 heteroatoms. The summed E-state index contributed by atoms with van der Waals surface area (Å²) in [4.78, 5) is 30.1. The number of aliphatic hydroxyl groups is 3. The first-order valence-corrected chi connectivity index (χ1v) is 18.1. The van der Waals surface area contributed by atoms with Gasteiger partial charge in [-0.15, -0.1) is 5.10 Å². The van der Waals surface area contributed by atoms with Crippen molar-refractivity contribution in [1.29, 1.82) is 0 Å². The Morgan fingerprint density at radius 2 is 1.81 bits per heavy atom. The number of rotatable bonds is 14. The summed E-state index contributed by atoms with van der Waals surface area (Å²) in [6.45, 7) is 5.32. The number of unbranched alkanes of at least 4 members (excludes halogenated alkanes) is 2. The van der Waals surface area contributed by atoms with Crippen molar-refractivity contribution in [1.82, 2.24) is 15.0 Å². The molecule has 0 spiro atoms. The first-order chi connectivity index (χ1) is 25.3. The molecule has 2 heterocycles. The van der Waals surface area contributed by atoms with Crippen LogP contribution in [0.4, 0.5) is 5.69 Å². The summed E-state index contributed by atoms with van der Waals surface area (Å²) < 4.78 is 13.6. The SMILES string of the molecule is CC(C)(C)OC(=O)c1cnnn1C1CC(=NOCc2ccc([N+](=O)[O-])cc2)C2=CC(CCCCO)C(CCCCO)C3c4cc(O)ccc4OC1(O)C23. The Balaban J connectivity index is 1.50. The number of aromatic nitrogens is 3. The van der Waals surface area contributed by atoms with Crippen LogP contribution in [0.2, 0.25) is 0 Å². The van der Waals surface area contributed by atoms with Crippen LogP contribution in [0.25, 0.3) is 0 Å². The van der Waals surface area contributed by atoms with Crippen LogP contribution in [-0.4, -0.2) is 76.6 Å². The van der Waals surface area contributed by atoms with Gasteiger partial charge < -0.3 is 34.7 Å². The number of oxime groups is 1. The second kappa shape index (κ2) is 15.6. The second-order valence-electron chi connectivity index (χ2n) is 15.0. The van der Waals surface area contributed by atoms with E-state index in [1.165, 1.54) is 29.1 Å². The number of phenolic OH excluding ortho intramolecular Hbond substituents is 1. The molecule has 53 heavy (non-hydrogen) atoms. The topological polar surface area (TPSA) is 212 Å². The molecular weight excluding hydrogens is 686 g/mol. The second-order valence-corrected chi connectivity index (χ2v) is 15.0. The van der Waals surface area contributed by atoms with E-state index in [1.807, 2.05) is 0 Å². The molecule has 0 bridgehead atoms. The molecule has 1 fully saturated rings. The van der Waals surface area contributed by atoms with E-state index >= 15 is 0 Å². The molecule has 6 atom stereocenters. The number of ether oxygens (including phenoxy) is 2. The van der Waals surface area contributed by atoms with Crippen molar-refractivity contribution in [2.75, 3.05) is 13.2 Å². The Bertz CT molecular complexity index is 1850. The third kappa shape index (κ3) is 7.92. The molecule has 0 saturated heterocycles. The van der Waals surface area contributed by atoms with Crippen LogP contribution in [0.3, 0.4) is 0 Å². The number of hydrogen-bond acceptors (Lipinski definition) is 13. The highest BCUT2D eigenvalue weighted by molar-refractivity contribution is 6.02. The molecule has 3 aliphatic rings. The molecule has 3 aromatic rings. The number of phenols is 1. The number of aliphatic hydroxyl groups excluding tert-OH is 2. The molecule has 6 rings (SSSR count). The fraction of sp³-hybridized carbons (Fsp3) is 0.526. The smallest absolute Gasteiger partial charge is 0.358 e. The van der Waals surface area contributed by atoms with E-state index < -0.39 is 40.2 Å². The number of non-ortho nitro benzene ring substituents is 1. The van der Waals surface area contributed by atoms with Crippen LogP contribution in [0.1, 0.15) is 99.3 Å². The van der Waals surface area contributed by atoms with Gasteiger partial charge >= 0.3 is 5.97 Å². The Kier molecular flexibility index (Phi) is 11.2. The van der Waals surface area contributed by atoms with E-state index in [4.69, 9.17) is 14.3 Å². The van der Waals surface area contributed by atoms with E-state index in [-0.39, 0.29) is 55.2 Å². The van der Waals surface area contributed by atoms with Crippen molar-refractivity contribution < 1.29 is 44.5 Å². The number of esters is 1. The number of aromatic hydroxyl groups is 1. The van der Waals surface area contributed by atoms with E-state index in [0.29, 0.717) is 53.8 Å². The minimum atomic E-state index is -1.99. The van der Waals surface area contributed by atoms with Gasteiger partial charge in [-0.1, -0.05) is 29.3 Å². The largest absolute Gasteiger partial charge is 0.508 e. The molecule has 0 radical (unpaired) electrons. The minimum Gasteiger partial charge on any atom is -0.508 e. The molecule has 6 unspecified atom stereocenters. The average molecular weight is 734 g/mol. The predicted octanol–water partition coefficient (Wildman–Crippen LogP) is 5.34. The normalized spacial score (nSPS) is 25.5. The number of nitrogens with zero attached hydrogens (tertiary/aromatic N) is 5. The summed E-state index contributed by atoms with van der Waals surface area (Å²) in [6, 6.07) is 9.70. The van der Waals surface area contributed by atoms with Gasteiger partial charge in [0.05, 0.1) is 22.7 Å². The fourth-order valence-electron chi connectivity index (χ4n) is 8.06. The van der Waals surface area contributed by atoms with Crippen molar-refractivity contribution in [3.63, 3.8) is 0 Å². The molecule has 1 saturated carbocycles. The Morgan fingerprint density at radius 1 is 1.09 bits per heavy atom. The zero-order chi connectivity index (χ0) is 37.9. The summed E-state index contributed by atoms with van der Waals surface area (Å²) >= 11 is 0. The summed E-state index contributed by atoms with van der Waals surface area (Å²) in [5.74, 6) is -3.56. The predicted molar refractivity (Wildman–Crippen MR) is 191 cm³/mol. The number of carbonyl (C=O) groups is 1. The quantitative estimate of drug-likeness (QED) is 0.0715. The first kappa shape index (κ1) is 37.9. The summed E-state index contributed by atoms with van der Waals surface area (Å²) in [5, 5.41) is 67.3. The average Bonchev–Trinajstić information content (AvgIpc) is 3.60. The lowest BCUT2D eigenvalue weighted by molar-refractivity contribution is -0.384. The number of fused-ring (bicyclic) bond motifs is 2. The standard InChI is InChI=1S/C38H47N5O10/c1-37(2,3)53-36(47)31-21-39-41-42(31)33-20-30(40-51-22-23-10-12-25(13-11-23)43(49)50)28-18-24(8-4-6-16-44)27(9-5-7-17-45)34-29-19-26(46)14-15-32(29)52-38(33,48)35(28)34/h10-15,18-19,21,24,27,33-35,44-46,48H,4-9,16-17,20,22H2,1-3H3. The highest BCUT2D eigenvalue weighted by Crippen LogP contribution is 2.62. The van der Waals surface area contributed by atoms with E-state index in [9.17, 15) is 35.3 Å². The van der Waals surface area contributed by atoms with Crippen molar-refractivity contribution in [3.05, 3.63) is 87.2 Å². The Morgan fingerprint density at radius 3 is 2.49 bits per heavy atom. The van der Waals surface area contributed by atoms with Crippen molar-refractivity contribution in [2.24, 2.45) is 22.9 Å². The zero-order valence-electron chi connectivity index (χ0n) is 30.1. The van der Waals surface area contributed by atoms with E-state index in [2.05, 4.69) is 21.5 Å². The zero-order valence-corrected chi connectivity index (χ0v) is 30.1. The molecular formula is C38H47N5O10. The molecule has 15 nitrogen and oxygen atoms in total. The number of nitro benzene ring substituents is 1. The maximum atomic E-state index is 13.5. The van der Waals surface area contributed by atoms with Crippen LogP contribution in [-0.2, 0) is 16.2 Å². The highest BCUT2D eigenvalue weighted by Gasteiger charge is 2.63. The third-order valence-corrected chi connectivity index (χ3v) is 10.3. The number of carbonyl (C=O) groups excluding carboxylic acids is 1. The van der Waals surface area contributed by atoms with E-state index in [0.717, 1.165) is 12.8 Å². The summed E-state index contributed by atoms with van der Waals surface area (Å²) in [6.07, 6.45) is 7.50. The van der Waals surface area contributed by atoms with Gasteiger partial charge in [-0.3, -0.25) is 10.1 Å². The van der Waals surface area contributed by atoms with Crippen molar-refractivity contribution >= 4 is 17.4 Å². The molecule has 2 aliphatic carbocycles. The Hall–Kier alpha value is -4.86. The maximum absolute atomic E-state index is 13.5. The molecule has 1 aromatic heterocycles. The first-order valence-electron chi connectivity index (χ1n) is 18.1. The third-order valence-electron chi connectivity index (χ3n) is 10.3. The lowest BCUT2D eigenvalue weighted by Gasteiger charge is -2.56. The summed E-state index contributed by atoms with van der Waals surface area (Å²) in [7, 11) is 0. The van der Waals surface area contributed by atoms with Crippen molar-refractivity contribution in [3.8, 4) is 11.5 Å². The molecule has 4 N–H and O–H groups in total. The van der Waals surface area contributed by atoms with Gasteiger partial charge in [-0.2, -0.15) is 0 Å². The highest BCUT2D eigenvalue weighted by atomic mass is 16.6. The van der Waals surface area contributed by atoms with Crippen LogP contribution < -0.4 is 4.74 Å². The monoisotopic (exact) mass is 733 g/mol. The van der Waals surface area contributed by atoms with E-state index in [1.54, 1.807) is 45.0 Å². The molecule has 284 valence electrons. The minimum absolute atomic E-state index is 0.00120. The van der Waals surface area contributed by atoms with Gasteiger partial charge in [0, 0.05) is 43.2 Å². The number of nitro groups is 1. The summed E-state index contributed by atoms with van der Waals surface area (Å²) in [5.41, 5.74) is 1.67. The maximum Gasteiger partial charge on any atom is 0.358 e. The van der Waals surface area contributed by atoms with Crippen molar-refractivity contribution in [2.45, 2.75) is 95.7 Å². The van der Waals surface area contributed by atoms with Crippen LogP contribution in [0.5, 0.6) is 11.5 Å². The van der Waals surface area contributed by atoms with Gasteiger partial charge in [0.25, 0.3) is 5.69 Å². The van der Waals surface area contributed by atoms with Gasteiger partial charge in [0.2, 0.25) is 5.79 Å². The number of allylic oxidation sites excluding steroid dienone is 1. The molecule has 2 aromatic carbocycles. The van der Waals surface area contributed by atoms with Gasteiger partial charge in [-0.05, 0) is 99.8 Å². The molecule has 0 amide bonds. The van der Waals surface area contributed by atoms with Crippen LogP contribution in [0.15, 0.2) is 65.5 Å². The van der Waals surface area contributed by atoms with Gasteiger partial charge in [0.1, 0.15) is 29.7 Å². The fourth-order valence-corrected chi connectivity index (χ4v) is 8.06.